The van der Waals surface area contributed by atoms with Crippen LogP contribution in [0.1, 0.15) is 24.0 Å². The van der Waals surface area contributed by atoms with Crippen LogP contribution in [0.15, 0.2) is 82.7 Å². The maximum absolute atomic E-state index is 14.2. The molecule has 1 aromatic heterocycles. The lowest BCUT2D eigenvalue weighted by Crippen LogP contribution is -2.34. The fraction of sp³-hybridized carbons (Fsp3) is 0.222. The minimum Gasteiger partial charge on any atom is -0.335 e. The summed E-state index contributed by atoms with van der Waals surface area (Å²) in [5.41, 5.74) is 2.72. The number of carbonyl (C=O) groups is 1. The van der Waals surface area contributed by atoms with E-state index in [0.29, 0.717) is 27.3 Å². The first-order chi connectivity index (χ1) is 16.5. The first kappa shape index (κ1) is 22.3. The topological polar surface area (TPSA) is 55.2 Å². The van der Waals surface area contributed by atoms with Gasteiger partial charge in [0, 0.05) is 18.2 Å². The van der Waals surface area contributed by atoms with Crippen molar-refractivity contribution in [1.29, 1.82) is 0 Å². The van der Waals surface area contributed by atoms with E-state index >= 15 is 0 Å². The van der Waals surface area contributed by atoms with E-state index in [1.807, 2.05) is 43.3 Å². The van der Waals surface area contributed by atoms with Crippen molar-refractivity contribution in [2.45, 2.75) is 37.5 Å². The molecule has 0 atom stereocenters. The second kappa shape index (κ2) is 9.43. The summed E-state index contributed by atoms with van der Waals surface area (Å²) in [6.07, 6.45) is 1.85. The van der Waals surface area contributed by atoms with Gasteiger partial charge in [0.2, 0.25) is 5.91 Å². The van der Waals surface area contributed by atoms with Crippen LogP contribution in [0.5, 0.6) is 0 Å². The van der Waals surface area contributed by atoms with Crippen molar-refractivity contribution in [3.63, 3.8) is 0 Å². The average molecular weight is 474 g/mol. The van der Waals surface area contributed by atoms with Gasteiger partial charge in [0.25, 0.3) is 5.56 Å². The molecule has 0 spiro atoms. The Kier molecular flexibility index (Phi) is 6.20. The Hall–Kier alpha value is -3.45. The lowest BCUT2D eigenvalue weighted by Gasteiger charge is -2.23. The van der Waals surface area contributed by atoms with Gasteiger partial charge in [0.05, 0.1) is 22.3 Å². The number of benzene rings is 3. The van der Waals surface area contributed by atoms with Gasteiger partial charge in [-0.1, -0.05) is 59.8 Å². The zero-order valence-corrected chi connectivity index (χ0v) is 19.6. The first-order valence-electron chi connectivity index (χ1n) is 11.3. The van der Waals surface area contributed by atoms with Crippen molar-refractivity contribution in [2.24, 2.45) is 0 Å². The lowest BCUT2D eigenvalue weighted by atomic mass is 10.2. The zero-order chi connectivity index (χ0) is 23.7. The molecule has 4 aromatic rings. The van der Waals surface area contributed by atoms with Crippen molar-refractivity contribution in [3.05, 3.63) is 100 Å². The third-order valence-electron chi connectivity index (χ3n) is 5.97. The molecule has 7 heteroatoms. The normalized spacial score (nSPS) is 13.2. The van der Waals surface area contributed by atoms with Crippen molar-refractivity contribution < 1.29 is 9.18 Å². The van der Waals surface area contributed by atoms with E-state index in [4.69, 9.17) is 4.98 Å². The predicted octanol–water partition coefficient (Wildman–Crippen LogP) is 5.12. The zero-order valence-electron chi connectivity index (χ0n) is 18.8. The Balaban J connectivity index is 1.45. The molecular weight excluding hydrogens is 449 g/mol. The van der Waals surface area contributed by atoms with Gasteiger partial charge in [-0.25, -0.2) is 9.37 Å². The highest BCUT2D eigenvalue weighted by molar-refractivity contribution is 7.99. The monoisotopic (exact) mass is 473 g/mol. The molecule has 0 radical (unpaired) electrons. The van der Waals surface area contributed by atoms with Gasteiger partial charge in [0.15, 0.2) is 5.16 Å². The number of hydrogen-bond donors (Lipinski definition) is 0. The number of aromatic nitrogens is 2. The highest BCUT2D eigenvalue weighted by Crippen LogP contribution is 2.30. The summed E-state index contributed by atoms with van der Waals surface area (Å²) in [6, 6.07) is 21.6. The Morgan fingerprint density at radius 2 is 1.76 bits per heavy atom. The molecule has 0 aliphatic heterocycles. The number of aryl methyl sites for hydroxylation is 1. The molecule has 1 aliphatic carbocycles. The van der Waals surface area contributed by atoms with E-state index < -0.39 is 0 Å². The van der Waals surface area contributed by atoms with E-state index in [0.717, 1.165) is 18.4 Å². The molecule has 34 heavy (non-hydrogen) atoms. The summed E-state index contributed by atoms with van der Waals surface area (Å²) in [4.78, 5) is 33.1. The van der Waals surface area contributed by atoms with E-state index in [1.165, 1.54) is 17.8 Å². The highest BCUT2D eigenvalue weighted by atomic mass is 32.2. The lowest BCUT2D eigenvalue weighted by molar-refractivity contribution is -0.129. The van der Waals surface area contributed by atoms with Gasteiger partial charge >= 0.3 is 0 Å². The van der Waals surface area contributed by atoms with Gasteiger partial charge in [-0.15, -0.1) is 0 Å². The third kappa shape index (κ3) is 4.61. The number of fused-ring (bicyclic) bond motifs is 1. The molecule has 1 aliphatic rings. The molecule has 3 aromatic carbocycles. The van der Waals surface area contributed by atoms with Gasteiger partial charge in [-0.3, -0.25) is 14.2 Å². The molecular formula is C27H24FN3O2S. The fourth-order valence-corrected chi connectivity index (χ4v) is 4.86. The molecule has 0 bridgehead atoms. The van der Waals surface area contributed by atoms with Crippen LogP contribution in [0.2, 0.25) is 0 Å². The van der Waals surface area contributed by atoms with Gasteiger partial charge < -0.3 is 4.90 Å². The van der Waals surface area contributed by atoms with Crippen LogP contribution in [0.25, 0.3) is 16.6 Å². The van der Waals surface area contributed by atoms with Crippen molar-refractivity contribution >= 4 is 28.6 Å². The molecule has 1 saturated carbocycles. The number of thioether (sulfide) groups is 1. The van der Waals surface area contributed by atoms with Gasteiger partial charge in [-0.05, 0) is 50.1 Å². The van der Waals surface area contributed by atoms with Crippen LogP contribution in [0, 0.1) is 12.7 Å². The molecule has 5 rings (SSSR count). The largest absolute Gasteiger partial charge is 0.335 e. The minimum atomic E-state index is -0.307. The number of nitrogens with zero attached hydrogens (tertiary/aromatic N) is 3. The molecule has 0 saturated heterocycles. The van der Waals surface area contributed by atoms with E-state index in [1.54, 1.807) is 39.8 Å². The molecule has 1 fully saturated rings. The quantitative estimate of drug-likeness (QED) is 0.276. The van der Waals surface area contributed by atoms with Crippen LogP contribution in [-0.2, 0) is 11.3 Å². The average Bonchev–Trinajstić information content (AvgIpc) is 3.68. The first-order valence-corrected chi connectivity index (χ1v) is 12.2. The molecule has 0 unspecified atom stereocenters. The third-order valence-corrected chi connectivity index (χ3v) is 6.89. The van der Waals surface area contributed by atoms with Crippen LogP contribution >= 0.6 is 11.8 Å². The Morgan fingerprint density at radius 1 is 1.06 bits per heavy atom. The minimum absolute atomic E-state index is 0.0892. The number of hydrogen-bond acceptors (Lipinski definition) is 4. The summed E-state index contributed by atoms with van der Waals surface area (Å²) in [7, 11) is 0. The Bertz CT molecular complexity index is 1410. The standard InChI is InChI=1S/C27H24FN3O2S/c1-18-10-12-21(13-11-18)31-26(33)22-7-3-5-9-24(22)29-27(31)34-17-25(32)30(20-14-15-20)16-19-6-2-4-8-23(19)28/h2-13,20H,14-17H2,1H3. The van der Waals surface area contributed by atoms with Crippen LogP contribution in [0.4, 0.5) is 4.39 Å². The second-order valence-corrected chi connectivity index (χ2v) is 9.46. The maximum Gasteiger partial charge on any atom is 0.266 e. The molecule has 172 valence electrons. The van der Waals surface area contributed by atoms with Crippen LogP contribution < -0.4 is 5.56 Å². The number of rotatable bonds is 7. The summed E-state index contributed by atoms with van der Waals surface area (Å²) in [5, 5.41) is 0.987. The Morgan fingerprint density at radius 3 is 2.50 bits per heavy atom. The summed E-state index contributed by atoms with van der Waals surface area (Å²) in [5.74, 6) is -0.284. The number of amides is 1. The van der Waals surface area contributed by atoms with Gasteiger partial charge in [-0.2, -0.15) is 0 Å². The molecule has 0 N–H and O–H groups in total. The number of para-hydroxylation sites is 1. The summed E-state index contributed by atoms with van der Waals surface area (Å²) in [6.45, 7) is 2.23. The fourth-order valence-electron chi connectivity index (χ4n) is 3.96. The van der Waals surface area contributed by atoms with Crippen LogP contribution in [-0.4, -0.2) is 32.2 Å². The van der Waals surface area contributed by atoms with E-state index in [-0.39, 0.29) is 35.6 Å². The van der Waals surface area contributed by atoms with E-state index in [2.05, 4.69) is 0 Å². The Labute approximate surface area is 201 Å². The number of halogens is 1. The molecule has 5 nitrogen and oxygen atoms in total. The second-order valence-electron chi connectivity index (χ2n) is 8.52. The molecule has 1 amide bonds. The smallest absolute Gasteiger partial charge is 0.266 e. The van der Waals surface area contributed by atoms with Crippen molar-refractivity contribution in [3.8, 4) is 5.69 Å². The van der Waals surface area contributed by atoms with Crippen molar-refractivity contribution in [1.82, 2.24) is 14.5 Å². The van der Waals surface area contributed by atoms with Crippen molar-refractivity contribution in [2.75, 3.05) is 5.75 Å². The van der Waals surface area contributed by atoms with E-state index in [9.17, 15) is 14.0 Å². The summed E-state index contributed by atoms with van der Waals surface area (Å²) >= 11 is 1.24. The maximum atomic E-state index is 14.2. The van der Waals surface area contributed by atoms with Gasteiger partial charge in [0.1, 0.15) is 5.82 Å². The molecule has 1 heterocycles. The van der Waals surface area contributed by atoms with Crippen LogP contribution in [0.3, 0.4) is 0 Å². The highest BCUT2D eigenvalue weighted by Gasteiger charge is 2.33. The number of carbonyl (C=O) groups excluding carboxylic acids is 1. The SMILES string of the molecule is Cc1ccc(-n2c(SCC(=O)N(Cc3ccccc3F)C3CC3)nc3ccccc3c2=O)cc1. The summed E-state index contributed by atoms with van der Waals surface area (Å²) < 4.78 is 15.8. The predicted molar refractivity (Wildman–Crippen MR) is 133 cm³/mol.